The lowest BCUT2D eigenvalue weighted by Crippen LogP contribution is -1.96. The maximum absolute atomic E-state index is 9.51. The van der Waals surface area contributed by atoms with Crippen molar-refractivity contribution < 1.29 is 5.11 Å². The second-order valence-corrected chi connectivity index (χ2v) is 3.82. The van der Waals surface area contributed by atoms with Crippen molar-refractivity contribution >= 4 is 11.6 Å². The van der Waals surface area contributed by atoms with Gasteiger partial charge in [0.25, 0.3) is 0 Å². The lowest BCUT2D eigenvalue weighted by atomic mass is 9.94. The fraction of sp³-hybridized carbons (Fsp3) is 0.455. The molecule has 0 amide bonds. The van der Waals surface area contributed by atoms with Crippen molar-refractivity contribution in [3.8, 4) is 5.75 Å². The molecule has 1 N–H and O–H groups in total. The van der Waals surface area contributed by atoms with Crippen molar-refractivity contribution in [2.45, 2.75) is 33.1 Å². The van der Waals surface area contributed by atoms with Crippen LogP contribution in [0.3, 0.4) is 0 Å². The van der Waals surface area contributed by atoms with Crippen LogP contribution in [0.25, 0.3) is 0 Å². The Hall–Kier alpha value is -0.690. The Morgan fingerprint density at radius 1 is 1.46 bits per heavy atom. The van der Waals surface area contributed by atoms with Crippen LogP contribution in [0.5, 0.6) is 5.75 Å². The summed E-state index contributed by atoms with van der Waals surface area (Å²) in [5.74, 6) is 0.735. The number of hydrogen-bond acceptors (Lipinski definition) is 1. The quantitative estimate of drug-likeness (QED) is 0.765. The fourth-order valence-electron chi connectivity index (χ4n) is 1.49. The van der Waals surface area contributed by atoms with Crippen LogP contribution in [0.1, 0.15) is 37.3 Å². The molecule has 2 heteroatoms. The van der Waals surface area contributed by atoms with E-state index in [4.69, 9.17) is 11.6 Å². The number of phenolic OH excluding ortho intramolecular Hbond substituents is 1. The molecule has 0 aliphatic rings. The Balaban J connectivity index is 3.25. The van der Waals surface area contributed by atoms with E-state index in [1.165, 1.54) is 0 Å². The molecule has 1 aromatic rings. The molecule has 72 valence electrons. The molecule has 1 rings (SSSR count). The second-order valence-electron chi connectivity index (χ2n) is 3.41. The summed E-state index contributed by atoms with van der Waals surface area (Å²) in [5.41, 5.74) is 1.98. The minimum atomic E-state index is 0.333. The van der Waals surface area contributed by atoms with Crippen LogP contribution in [-0.2, 0) is 0 Å². The standard InChI is InChI=1S/C11H15ClO/c1-4-7(2)11-8(3)10(13)6-5-9(11)12/h5-7,13H,4H2,1-3H3/t7-/m0/s1. The molecule has 0 aliphatic heterocycles. The average Bonchev–Trinajstić information content (AvgIpc) is 2.12. The number of rotatable bonds is 2. The average molecular weight is 199 g/mol. The van der Waals surface area contributed by atoms with Crippen LogP contribution in [0.15, 0.2) is 12.1 Å². The minimum Gasteiger partial charge on any atom is -0.508 e. The van der Waals surface area contributed by atoms with Crippen LogP contribution in [0.2, 0.25) is 5.02 Å². The van der Waals surface area contributed by atoms with Crippen molar-refractivity contribution in [2.75, 3.05) is 0 Å². The van der Waals surface area contributed by atoms with E-state index in [0.29, 0.717) is 11.7 Å². The lowest BCUT2D eigenvalue weighted by Gasteiger charge is -2.15. The molecule has 0 radical (unpaired) electrons. The lowest BCUT2D eigenvalue weighted by molar-refractivity contribution is 0.469. The van der Waals surface area contributed by atoms with Gasteiger partial charge in [0.1, 0.15) is 5.75 Å². The number of aromatic hydroxyl groups is 1. The van der Waals surface area contributed by atoms with Gasteiger partial charge in [-0.15, -0.1) is 0 Å². The van der Waals surface area contributed by atoms with Crippen molar-refractivity contribution in [1.82, 2.24) is 0 Å². The topological polar surface area (TPSA) is 20.2 Å². The maximum Gasteiger partial charge on any atom is 0.118 e. The molecule has 0 fully saturated rings. The molecule has 0 bridgehead atoms. The summed E-state index contributed by atoms with van der Waals surface area (Å²) in [7, 11) is 0. The molecule has 1 aromatic carbocycles. The van der Waals surface area contributed by atoms with Crippen LogP contribution in [0.4, 0.5) is 0 Å². The highest BCUT2D eigenvalue weighted by Crippen LogP contribution is 2.34. The van der Waals surface area contributed by atoms with E-state index in [1.807, 2.05) is 6.92 Å². The summed E-state index contributed by atoms with van der Waals surface area (Å²) < 4.78 is 0. The Kier molecular flexibility index (Phi) is 3.21. The summed E-state index contributed by atoms with van der Waals surface area (Å²) in [6.45, 7) is 6.14. The summed E-state index contributed by atoms with van der Waals surface area (Å²) in [6, 6.07) is 3.40. The Morgan fingerprint density at radius 2 is 2.08 bits per heavy atom. The summed E-state index contributed by atoms with van der Waals surface area (Å²) in [6.07, 6.45) is 1.03. The van der Waals surface area contributed by atoms with Gasteiger partial charge in [-0.05, 0) is 42.5 Å². The SMILES string of the molecule is CC[C@H](C)c1c(Cl)ccc(O)c1C. The first kappa shape index (κ1) is 10.4. The molecule has 0 aliphatic carbocycles. The molecule has 0 saturated heterocycles. The highest BCUT2D eigenvalue weighted by atomic mass is 35.5. The van der Waals surface area contributed by atoms with Gasteiger partial charge in [0.2, 0.25) is 0 Å². The van der Waals surface area contributed by atoms with E-state index in [0.717, 1.165) is 22.6 Å². The van der Waals surface area contributed by atoms with Gasteiger partial charge in [0, 0.05) is 5.02 Å². The molecule has 13 heavy (non-hydrogen) atoms. The monoisotopic (exact) mass is 198 g/mol. The highest BCUT2D eigenvalue weighted by molar-refractivity contribution is 6.31. The molecule has 0 heterocycles. The second kappa shape index (κ2) is 4.01. The van der Waals surface area contributed by atoms with Crippen LogP contribution >= 0.6 is 11.6 Å². The van der Waals surface area contributed by atoms with Crippen molar-refractivity contribution in [3.63, 3.8) is 0 Å². The normalized spacial score (nSPS) is 12.9. The van der Waals surface area contributed by atoms with Gasteiger partial charge in [0.15, 0.2) is 0 Å². The zero-order chi connectivity index (χ0) is 10.0. The van der Waals surface area contributed by atoms with E-state index in [1.54, 1.807) is 12.1 Å². The predicted octanol–water partition coefficient (Wildman–Crippen LogP) is 3.87. The summed E-state index contributed by atoms with van der Waals surface area (Å²) in [4.78, 5) is 0. The molecule has 1 nitrogen and oxygen atoms in total. The molecule has 0 aromatic heterocycles. The minimum absolute atomic E-state index is 0.333. The predicted molar refractivity (Wildman–Crippen MR) is 56.6 cm³/mol. The first-order chi connectivity index (χ1) is 6.07. The first-order valence-corrected chi connectivity index (χ1v) is 4.93. The van der Waals surface area contributed by atoms with E-state index >= 15 is 0 Å². The fourth-order valence-corrected chi connectivity index (χ4v) is 1.88. The van der Waals surface area contributed by atoms with Crippen LogP contribution < -0.4 is 0 Å². The van der Waals surface area contributed by atoms with Gasteiger partial charge in [-0.2, -0.15) is 0 Å². The Labute approximate surface area is 84.4 Å². The van der Waals surface area contributed by atoms with Gasteiger partial charge in [0.05, 0.1) is 0 Å². The number of phenols is 1. The molecule has 0 unspecified atom stereocenters. The zero-order valence-corrected chi connectivity index (χ0v) is 9.02. The summed E-state index contributed by atoms with van der Waals surface area (Å²) >= 11 is 6.06. The van der Waals surface area contributed by atoms with Crippen molar-refractivity contribution in [1.29, 1.82) is 0 Å². The molecule has 0 saturated carbocycles. The first-order valence-electron chi connectivity index (χ1n) is 4.55. The molecule has 1 atom stereocenters. The Morgan fingerprint density at radius 3 is 2.62 bits per heavy atom. The molecular weight excluding hydrogens is 184 g/mol. The van der Waals surface area contributed by atoms with Gasteiger partial charge in [-0.25, -0.2) is 0 Å². The largest absolute Gasteiger partial charge is 0.508 e. The number of halogens is 1. The molecule has 0 spiro atoms. The smallest absolute Gasteiger partial charge is 0.118 e. The van der Waals surface area contributed by atoms with Crippen LogP contribution in [-0.4, -0.2) is 5.11 Å². The third-order valence-corrected chi connectivity index (χ3v) is 2.87. The highest BCUT2D eigenvalue weighted by Gasteiger charge is 2.13. The van der Waals surface area contributed by atoms with E-state index in [9.17, 15) is 5.11 Å². The van der Waals surface area contributed by atoms with E-state index in [-0.39, 0.29) is 0 Å². The maximum atomic E-state index is 9.51. The van der Waals surface area contributed by atoms with Crippen molar-refractivity contribution in [3.05, 3.63) is 28.3 Å². The third kappa shape index (κ3) is 1.97. The van der Waals surface area contributed by atoms with Gasteiger partial charge >= 0.3 is 0 Å². The van der Waals surface area contributed by atoms with Crippen molar-refractivity contribution in [2.24, 2.45) is 0 Å². The van der Waals surface area contributed by atoms with E-state index in [2.05, 4.69) is 13.8 Å². The van der Waals surface area contributed by atoms with E-state index < -0.39 is 0 Å². The summed E-state index contributed by atoms with van der Waals surface area (Å²) in [5, 5.41) is 10.3. The van der Waals surface area contributed by atoms with Gasteiger partial charge in [-0.3, -0.25) is 0 Å². The molecular formula is C11H15ClO. The van der Waals surface area contributed by atoms with Gasteiger partial charge < -0.3 is 5.11 Å². The van der Waals surface area contributed by atoms with Crippen LogP contribution in [0, 0.1) is 6.92 Å². The third-order valence-electron chi connectivity index (χ3n) is 2.54. The Bertz CT molecular complexity index is 307. The zero-order valence-electron chi connectivity index (χ0n) is 8.26. The number of hydrogen-bond donors (Lipinski definition) is 1. The van der Waals surface area contributed by atoms with Gasteiger partial charge in [-0.1, -0.05) is 25.4 Å². The number of benzene rings is 1.